The summed E-state index contributed by atoms with van der Waals surface area (Å²) in [6, 6.07) is 12.7. The minimum absolute atomic E-state index is 0.190. The second-order valence-corrected chi connectivity index (χ2v) is 13.4. The van der Waals surface area contributed by atoms with Crippen LogP contribution in [0.25, 0.3) is 16.6 Å². The predicted molar refractivity (Wildman–Crippen MR) is 174 cm³/mol. The van der Waals surface area contributed by atoms with E-state index in [1.54, 1.807) is 48.0 Å². The monoisotopic (exact) mass is 670 g/mol. The maximum absolute atomic E-state index is 14.6. The fraction of sp³-hybridized carbons (Fsp3) is 0.400. The quantitative estimate of drug-likeness (QED) is 0.134. The van der Waals surface area contributed by atoms with Gasteiger partial charge in [0.15, 0.2) is 5.60 Å². The number of benzene rings is 3. The highest BCUT2D eigenvalue weighted by molar-refractivity contribution is 5.97. The van der Waals surface area contributed by atoms with Gasteiger partial charge in [-0.1, -0.05) is 19.9 Å². The van der Waals surface area contributed by atoms with Crippen molar-refractivity contribution in [2.75, 3.05) is 25.5 Å². The van der Waals surface area contributed by atoms with Crippen LogP contribution < -0.4 is 15.8 Å². The maximum atomic E-state index is 14.6. The molecule has 0 radical (unpaired) electrons. The van der Waals surface area contributed by atoms with Gasteiger partial charge in [0.1, 0.15) is 17.6 Å². The summed E-state index contributed by atoms with van der Waals surface area (Å²) in [5.41, 5.74) is 3.68. The third-order valence-corrected chi connectivity index (χ3v) is 9.54. The largest absolute Gasteiger partial charge is 0.496 e. The summed E-state index contributed by atoms with van der Waals surface area (Å²) < 4.78 is 64.3. The predicted octanol–water partition coefficient (Wildman–Crippen LogP) is 6.77. The Labute approximate surface area is 275 Å². The number of carbonyl (C=O) groups excluding carboxylic acids is 2. The Morgan fingerprint density at radius 3 is 2.50 bits per heavy atom. The Kier molecular flexibility index (Phi) is 9.08. The molecule has 3 aromatic carbocycles. The van der Waals surface area contributed by atoms with E-state index in [0.717, 1.165) is 12.1 Å². The van der Waals surface area contributed by atoms with Gasteiger partial charge in [-0.2, -0.15) is 22.8 Å². The van der Waals surface area contributed by atoms with Crippen LogP contribution in [0, 0.1) is 12.7 Å². The lowest BCUT2D eigenvalue weighted by Gasteiger charge is -2.38. The van der Waals surface area contributed by atoms with Crippen molar-refractivity contribution >= 4 is 28.5 Å². The fourth-order valence-electron chi connectivity index (χ4n) is 6.97. The Morgan fingerprint density at radius 2 is 1.88 bits per heavy atom. The van der Waals surface area contributed by atoms with Crippen molar-refractivity contribution in [3.05, 3.63) is 83.3 Å². The number of aromatic nitrogens is 2. The lowest BCUT2D eigenvalue weighted by molar-refractivity contribution is -0.776. The topological polar surface area (TPSA) is 119 Å². The van der Waals surface area contributed by atoms with Crippen molar-refractivity contribution < 1.29 is 41.5 Å². The van der Waals surface area contributed by atoms with Crippen LogP contribution in [0.15, 0.2) is 60.8 Å². The maximum Gasteiger partial charge on any atom is 0.421 e. The first-order valence-electron chi connectivity index (χ1n) is 15.6. The highest BCUT2D eigenvalue weighted by Gasteiger charge is 2.56. The van der Waals surface area contributed by atoms with E-state index in [4.69, 9.17) is 10.5 Å². The summed E-state index contributed by atoms with van der Waals surface area (Å²) in [5.74, 6) is -0.838. The summed E-state index contributed by atoms with van der Waals surface area (Å²) in [6.07, 6.45) is -2.98. The average Bonchev–Trinajstić information content (AvgIpc) is 3.63. The zero-order valence-corrected chi connectivity index (χ0v) is 27.5. The molecule has 3 atom stereocenters. The molecule has 1 fully saturated rings. The number of amides is 3. The van der Waals surface area contributed by atoms with Crippen LogP contribution in [0.2, 0.25) is 0 Å². The number of hydrogen-bond acceptors (Lipinski definition) is 6. The number of halogens is 4. The number of primary amides is 1. The first-order chi connectivity index (χ1) is 22.4. The van der Waals surface area contributed by atoms with Crippen molar-refractivity contribution in [3.8, 4) is 11.4 Å². The molecule has 4 aromatic rings. The lowest BCUT2D eigenvalue weighted by atomic mass is 9.74. The number of aliphatic hydroxyl groups is 1. The number of methoxy groups -OCH3 is 1. The molecule has 2 heterocycles. The number of rotatable bonds is 9. The lowest BCUT2D eigenvalue weighted by Crippen LogP contribution is -2.61. The van der Waals surface area contributed by atoms with E-state index in [1.807, 2.05) is 6.92 Å². The molecule has 1 saturated heterocycles. The number of anilines is 1. The summed E-state index contributed by atoms with van der Waals surface area (Å²) in [6.45, 7) is 5.99. The molecule has 4 N–H and O–H groups in total. The van der Waals surface area contributed by atoms with Crippen molar-refractivity contribution in [2.45, 2.75) is 70.2 Å². The summed E-state index contributed by atoms with van der Waals surface area (Å²) in [4.78, 5) is 26.2. The van der Waals surface area contributed by atoms with E-state index in [-0.39, 0.29) is 22.9 Å². The van der Waals surface area contributed by atoms with Crippen LogP contribution in [-0.4, -0.2) is 69.3 Å². The molecule has 256 valence electrons. The number of urea groups is 1. The number of nitrogens with two attached hydrogens (primary N) is 1. The molecule has 0 spiro atoms. The Balaban J connectivity index is 1.47. The fourth-order valence-corrected chi connectivity index (χ4v) is 6.97. The van der Waals surface area contributed by atoms with Crippen LogP contribution in [-0.2, 0) is 5.41 Å². The van der Waals surface area contributed by atoms with Gasteiger partial charge in [-0.05, 0) is 79.8 Å². The standard InChI is InChI=1S/C35H39F4N5O4/c1-21-14-28(41-20-34(47,35(37,38)39)19-33(3,4)27-17-24(36)11-12-30(27)48-5)26-18-42-43(29(26)15-21)25-10-6-9-23(16-25)31(45)44(32(40)46)13-7-8-22(44)2/h6,9-12,14-18,22,47H,7-8,13,19-20H2,1-5H3,(H2-,40,41,42,46)/p+1/t22-,34?,44?/m1/s1. The van der Waals surface area contributed by atoms with E-state index in [9.17, 15) is 32.3 Å². The van der Waals surface area contributed by atoms with Gasteiger partial charge in [-0.15, -0.1) is 0 Å². The van der Waals surface area contributed by atoms with Gasteiger partial charge in [0.25, 0.3) is 0 Å². The van der Waals surface area contributed by atoms with Gasteiger partial charge in [-0.25, -0.2) is 18.7 Å². The van der Waals surface area contributed by atoms with Crippen molar-refractivity contribution in [1.82, 2.24) is 9.78 Å². The van der Waals surface area contributed by atoms with Crippen LogP contribution in [0.4, 0.5) is 28.0 Å². The van der Waals surface area contributed by atoms with Crippen LogP contribution in [0.1, 0.15) is 61.5 Å². The smallest absolute Gasteiger partial charge is 0.421 e. The number of nitrogens with zero attached hydrogens (tertiary/aromatic N) is 3. The Bertz CT molecular complexity index is 1870. The number of fused-ring (bicyclic) bond motifs is 1. The highest BCUT2D eigenvalue weighted by atomic mass is 19.4. The second-order valence-electron chi connectivity index (χ2n) is 13.4. The molecule has 0 saturated carbocycles. The minimum Gasteiger partial charge on any atom is -0.496 e. The zero-order chi connectivity index (χ0) is 35.2. The van der Waals surface area contributed by atoms with E-state index >= 15 is 0 Å². The molecule has 1 aliphatic rings. The molecule has 0 aliphatic carbocycles. The number of aryl methyl sites for hydroxylation is 1. The molecule has 3 amide bonds. The van der Waals surface area contributed by atoms with Gasteiger partial charge in [0.2, 0.25) is 0 Å². The van der Waals surface area contributed by atoms with Gasteiger partial charge in [0.05, 0.1) is 43.2 Å². The number of imide groups is 1. The normalized spacial score (nSPS) is 19.7. The molecular formula is C35H40F4N5O4+. The molecule has 13 heteroatoms. The van der Waals surface area contributed by atoms with Crippen molar-refractivity contribution in [2.24, 2.45) is 5.73 Å². The molecule has 5 rings (SSSR count). The van der Waals surface area contributed by atoms with Crippen LogP contribution in [0.5, 0.6) is 5.75 Å². The first kappa shape index (κ1) is 34.8. The minimum atomic E-state index is -5.05. The Morgan fingerprint density at radius 1 is 1.15 bits per heavy atom. The van der Waals surface area contributed by atoms with Gasteiger partial charge >= 0.3 is 18.1 Å². The molecule has 48 heavy (non-hydrogen) atoms. The van der Waals surface area contributed by atoms with E-state index < -0.39 is 52.4 Å². The highest BCUT2D eigenvalue weighted by Crippen LogP contribution is 2.44. The van der Waals surface area contributed by atoms with Crippen LogP contribution >= 0.6 is 0 Å². The third-order valence-electron chi connectivity index (χ3n) is 9.54. The van der Waals surface area contributed by atoms with E-state index in [2.05, 4.69) is 10.4 Å². The summed E-state index contributed by atoms with van der Waals surface area (Å²) in [5, 5.41) is 19.0. The summed E-state index contributed by atoms with van der Waals surface area (Å²) >= 11 is 0. The van der Waals surface area contributed by atoms with Crippen molar-refractivity contribution in [1.29, 1.82) is 0 Å². The molecule has 1 aromatic heterocycles. The molecule has 9 nitrogen and oxygen atoms in total. The average molecular weight is 671 g/mol. The molecule has 1 aliphatic heterocycles. The molecular weight excluding hydrogens is 630 g/mol. The first-order valence-corrected chi connectivity index (χ1v) is 15.6. The third kappa shape index (κ3) is 6.12. The van der Waals surface area contributed by atoms with Crippen molar-refractivity contribution in [3.63, 3.8) is 0 Å². The molecule has 0 bridgehead atoms. The number of carbonyl (C=O) groups is 2. The molecule has 2 unspecified atom stereocenters. The second kappa shape index (κ2) is 12.5. The summed E-state index contributed by atoms with van der Waals surface area (Å²) in [7, 11) is 1.34. The van der Waals surface area contributed by atoms with Gasteiger partial charge < -0.3 is 20.9 Å². The number of nitrogens with one attached hydrogen (secondary N) is 1. The zero-order valence-electron chi connectivity index (χ0n) is 27.5. The van der Waals surface area contributed by atoms with E-state index in [0.29, 0.717) is 47.2 Å². The number of quaternary nitrogens is 1. The number of alkyl halides is 3. The van der Waals surface area contributed by atoms with Gasteiger partial charge in [-0.3, -0.25) is 0 Å². The van der Waals surface area contributed by atoms with Crippen LogP contribution in [0.3, 0.4) is 0 Å². The SMILES string of the molecule is COc1ccc(F)cc1C(C)(C)CC(O)(CNc1cc(C)cc2c1cnn2-c1cccc(C(=O)[N+]2(C(N)=O)CCC[C@H]2C)c1)C(F)(F)F. The number of ether oxygens (including phenoxy) is 1. The number of likely N-dealkylation sites (tertiary alicyclic amines) is 1. The van der Waals surface area contributed by atoms with Gasteiger partial charge in [0, 0.05) is 29.5 Å². The Hall–Kier alpha value is -4.49. The number of hydrogen-bond donors (Lipinski definition) is 3. The van der Waals surface area contributed by atoms with E-state index in [1.165, 1.54) is 33.2 Å².